The summed E-state index contributed by atoms with van der Waals surface area (Å²) >= 11 is 0. The first kappa shape index (κ1) is 16.5. The molecule has 116 valence electrons. The molecule has 0 saturated heterocycles. The van der Waals surface area contributed by atoms with E-state index in [1.54, 1.807) is 0 Å². The molecule has 2 aromatic carbocycles. The highest BCUT2D eigenvalue weighted by molar-refractivity contribution is 5.76. The lowest BCUT2D eigenvalue weighted by atomic mass is 10.1. The SMILES string of the molecule is C=CCCCCCCC.c1ccc2c(c1)Cc1ccccc1-2. The van der Waals surface area contributed by atoms with Gasteiger partial charge in [-0.2, -0.15) is 0 Å². The van der Waals surface area contributed by atoms with E-state index in [9.17, 15) is 0 Å². The van der Waals surface area contributed by atoms with Crippen molar-refractivity contribution < 1.29 is 0 Å². The summed E-state index contributed by atoms with van der Waals surface area (Å²) in [5, 5.41) is 0. The summed E-state index contributed by atoms with van der Waals surface area (Å²) in [4.78, 5) is 0. The molecule has 0 aromatic heterocycles. The van der Waals surface area contributed by atoms with Crippen molar-refractivity contribution in [2.24, 2.45) is 0 Å². The molecule has 0 heteroatoms. The highest BCUT2D eigenvalue weighted by atomic mass is 14.2. The molecule has 0 heterocycles. The van der Waals surface area contributed by atoms with E-state index in [0.29, 0.717) is 0 Å². The molecule has 0 saturated carbocycles. The third kappa shape index (κ3) is 4.59. The standard InChI is InChI=1S/C13H10.C9H18/c1-3-7-12-10(5-1)9-11-6-2-4-8-13(11)12;1-3-5-7-9-8-6-4-2/h1-8H,9H2;3H,1,4-9H2,2H3. The summed E-state index contributed by atoms with van der Waals surface area (Å²) in [5.41, 5.74) is 5.75. The first-order valence-corrected chi connectivity index (χ1v) is 8.64. The van der Waals surface area contributed by atoms with Gasteiger partial charge in [0.1, 0.15) is 0 Å². The lowest BCUT2D eigenvalue weighted by Crippen LogP contribution is -1.77. The first-order chi connectivity index (χ1) is 10.9. The molecule has 0 fully saturated rings. The molecule has 0 aliphatic heterocycles. The van der Waals surface area contributed by atoms with Crippen LogP contribution in [0.1, 0.15) is 56.6 Å². The average Bonchev–Trinajstić information content (AvgIpc) is 2.94. The van der Waals surface area contributed by atoms with Crippen molar-refractivity contribution in [3.05, 3.63) is 72.3 Å². The molecule has 0 radical (unpaired) electrons. The van der Waals surface area contributed by atoms with Crippen LogP contribution in [0.25, 0.3) is 11.1 Å². The van der Waals surface area contributed by atoms with Crippen LogP contribution in [0.3, 0.4) is 0 Å². The second-order valence-corrected chi connectivity index (χ2v) is 5.98. The Bertz CT molecular complexity index is 537. The summed E-state index contributed by atoms with van der Waals surface area (Å²) in [6, 6.07) is 17.3. The maximum Gasteiger partial charge on any atom is -0.00135 e. The molecule has 22 heavy (non-hydrogen) atoms. The minimum atomic E-state index is 1.10. The topological polar surface area (TPSA) is 0 Å². The van der Waals surface area contributed by atoms with E-state index in [-0.39, 0.29) is 0 Å². The molecule has 0 unspecified atom stereocenters. The van der Waals surface area contributed by atoms with Crippen molar-refractivity contribution in [3.8, 4) is 11.1 Å². The molecule has 0 N–H and O–H groups in total. The number of hydrogen-bond acceptors (Lipinski definition) is 0. The van der Waals surface area contributed by atoms with Gasteiger partial charge in [-0.3, -0.25) is 0 Å². The number of hydrogen-bond donors (Lipinski definition) is 0. The summed E-state index contributed by atoms with van der Waals surface area (Å²) in [6.45, 7) is 5.92. The smallest absolute Gasteiger partial charge is 0.00135 e. The van der Waals surface area contributed by atoms with Gasteiger partial charge in [0, 0.05) is 0 Å². The van der Waals surface area contributed by atoms with Crippen LogP contribution < -0.4 is 0 Å². The average molecular weight is 292 g/mol. The van der Waals surface area contributed by atoms with Crippen molar-refractivity contribution in [3.63, 3.8) is 0 Å². The van der Waals surface area contributed by atoms with Gasteiger partial charge < -0.3 is 0 Å². The number of rotatable bonds is 6. The molecule has 1 aliphatic rings. The fraction of sp³-hybridized carbons (Fsp3) is 0.364. The van der Waals surface area contributed by atoms with E-state index < -0.39 is 0 Å². The minimum Gasteiger partial charge on any atom is -0.103 e. The van der Waals surface area contributed by atoms with Gasteiger partial charge in [-0.15, -0.1) is 6.58 Å². The van der Waals surface area contributed by atoms with Crippen molar-refractivity contribution >= 4 is 0 Å². The zero-order chi connectivity index (χ0) is 15.6. The maximum absolute atomic E-state index is 3.68. The zero-order valence-electron chi connectivity index (χ0n) is 13.9. The molecule has 0 atom stereocenters. The van der Waals surface area contributed by atoms with Crippen LogP contribution in [0.5, 0.6) is 0 Å². The second kappa shape index (κ2) is 9.25. The van der Waals surface area contributed by atoms with E-state index >= 15 is 0 Å². The van der Waals surface area contributed by atoms with Crippen molar-refractivity contribution in [1.82, 2.24) is 0 Å². The quantitative estimate of drug-likeness (QED) is 0.346. The van der Waals surface area contributed by atoms with E-state index in [1.807, 2.05) is 6.08 Å². The van der Waals surface area contributed by atoms with Crippen LogP contribution in [-0.2, 0) is 6.42 Å². The Morgan fingerprint density at radius 2 is 1.36 bits per heavy atom. The van der Waals surface area contributed by atoms with E-state index in [0.717, 1.165) is 6.42 Å². The fourth-order valence-electron chi connectivity index (χ4n) is 2.97. The minimum absolute atomic E-state index is 1.10. The van der Waals surface area contributed by atoms with E-state index in [4.69, 9.17) is 0 Å². The van der Waals surface area contributed by atoms with Gasteiger partial charge >= 0.3 is 0 Å². The molecule has 0 amide bonds. The van der Waals surface area contributed by atoms with Gasteiger partial charge in [0.05, 0.1) is 0 Å². The Hall–Kier alpha value is -1.82. The summed E-state index contributed by atoms with van der Waals surface area (Å²) in [7, 11) is 0. The number of benzene rings is 2. The molecule has 0 nitrogen and oxygen atoms in total. The van der Waals surface area contributed by atoms with Crippen molar-refractivity contribution in [2.45, 2.75) is 51.9 Å². The molecular formula is C22H28. The van der Waals surface area contributed by atoms with E-state index in [1.165, 1.54) is 60.8 Å². The Balaban J connectivity index is 0.000000175. The Morgan fingerprint density at radius 3 is 1.91 bits per heavy atom. The molecular weight excluding hydrogens is 264 g/mol. The molecule has 2 aromatic rings. The normalized spacial score (nSPS) is 11.1. The predicted octanol–water partition coefficient (Wildman–Crippen LogP) is 6.79. The van der Waals surface area contributed by atoms with Crippen LogP contribution in [0.4, 0.5) is 0 Å². The molecule has 0 bridgehead atoms. The maximum atomic E-state index is 3.68. The monoisotopic (exact) mass is 292 g/mol. The number of unbranched alkanes of at least 4 members (excludes halogenated alkanes) is 5. The first-order valence-electron chi connectivity index (χ1n) is 8.64. The van der Waals surface area contributed by atoms with Gasteiger partial charge in [-0.25, -0.2) is 0 Å². The summed E-state index contributed by atoms with van der Waals surface area (Å²) < 4.78 is 0. The van der Waals surface area contributed by atoms with Gasteiger partial charge in [0.25, 0.3) is 0 Å². The second-order valence-electron chi connectivity index (χ2n) is 5.98. The number of fused-ring (bicyclic) bond motifs is 3. The van der Waals surface area contributed by atoms with Gasteiger partial charge in [-0.1, -0.05) is 87.2 Å². The Morgan fingerprint density at radius 1 is 0.818 bits per heavy atom. The largest absolute Gasteiger partial charge is 0.103 e. The van der Waals surface area contributed by atoms with Crippen LogP contribution in [0, 0.1) is 0 Å². The zero-order valence-corrected chi connectivity index (χ0v) is 13.9. The third-order valence-electron chi connectivity index (χ3n) is 4.22. The summed E-state index contributed by atoms with van der Waals surface area (Å²) in [5.74, 6) is 0. The highest BCUT2D eigenvalue weighted by Crippen LogP contribution is 2.35. The highest BCUT2D eigenvalue weighted by Gasteiger charge is 2.15. The van der Waals surface area contributed by atoms with Gasteiger partial charge in [0.15, 0.2) is 0 Å². The predicted molar refractivity (Wildman–Crippen MR) is 98.3 cm³/mol. The van der Waals surface area contributed by atoms with Crippen molar-refractivity contribution in [1.29, 1.82) is 0 Å². The van der Waals surface area contributed by atoms with Crippen LogP contribution in [0.2, 0.25) is 0 Å². The lowest BCUT2D eigenvalue weighted by Gasteiger charge is -1.98. The van der Waals surface area contributed by atoms with E-state index in [2.05, 4.69) is 62.0 Å². The van der Waals surface area contributed by atoms with Crippen LogP contribution in [0.15, 0.2) is 61.2 Å². The van der Waals surface area contributed by atoms with Crippen LogP contribution in [-0.4, -0.2) is 0 Å². The van der Waals surface area contributed by atoms with Gasteiger partial charge in [-0.05, 0) is 41.5 Å². The van der Waals surface area contributed by atoms with Gasteiger partial charge in [0.2, 0.25) is 0 Å². The third-order valence-corrected chi connectivity index (χ3v) is 4.22. The summed E-state index contributed by atoms with van der Waals surface area (Å²) in [6.07, 6.45) is 11.2. The molecule has 3 rings (SSSR count). The molecule has 1 aliphatic carbocycles. The fourth-order valence-corrected chi connectivity index (χ4v) is 2.97. The van der Waals surface area contributed by atoms with Crippen LogP contribution >= 0.6 is 0 Å². The van der Waals surface area contributed by atoms with Crippen molar-refractivity contribution in [2.75, 3.05) is 0 Å². The number of allylic oxidation sites excluding steroid dienone is 1. The lowest BCUT2D eigenvalue weighted by molar-refractivity contribution is 0.638. The Kier molecular flexibility index (Phi) is 6.96. The molecule has 0 spiro atoms. The Labute approximate surface area is 135 Å².